The van der Waals surface area contributed by atoms with Gasteiger partial charge in [0.25, 0.3) is 10.0 Å². The first-order valence-electron chi connectivity index (χ1n) is 5.19. The molecule has 0 atom stereocenters. The van der Waals surface area contributed by atoms with Crippen molar-refractivity contribution in [1.29, 1.82) is 0 Å². The second-order valence-corrected chi connectivity index (χ2v) is 5.88. The van der Waals surface area contributed by atoms with Crippen molar-refractivity contribution in [1.82, 2.24) is 4.98 Å². The molecule has 0 saturated carbocycles. The van der Waals surface area contributed by atoms with Crippen LogP contribution in [-0.4, -0.2) is 24.5 Å². The zero-order valence-corrected chi connectivity index (χ0v) is 11.3. The van der Waals surface area contributed by atoms with Crippen LogP contribution in [0.25, 0.3) is 0 Å². The van der Waals surface area contributed by atoms with Crippen LogP contribution in [0.4, 0.5) is 10.1 Å². The fourth-order valence-corrected chi connectivity index (χ4v) is 2.59. The summed E-state index contributed by atoms with van der Waals surface area (Å²) in [5, 5.41) is 8.57. The topological polar surface area (TPSA) is 99.3 Å². The van der Waals surface area contributed by atoms with Crippen molar-refractivity contribution in [3.8, 4) is 0 Å². The van der Waals surface area contributed by atoms with Gasteiger partial charge in [-0.25, -0.2) is 17.6 Å². The molecule has 0 aliphatic rings. The molecule has 20 heavy (non-hydrogen) atoms. The number of H-pyrrole nitrogens is 1. The van der Waals surface area contributed by atoms with Crippen LogP contribution in [0, 0.1) is 5.82 Å². The molecule has 2 aromatic rings. The first-order valence-corrected chi connectivity index (χ1v) is 7.05. The number of carbonyl (C=O) groups is 1. The number of benzene rings is 1. The minimum atomic E-state index is -4.01. The minimum absolute atomic E-state index is 0.0232. The molecule has 1 heterocycles. The highest BCUT2D eigenvalue weighted by molar-refractivity contribution is 7.92. The van der Waals surface area contributed by atoms with Gasteiger partial charge in [-0.2, -0.15) is 0 Å². The maximum atomic E-state index is 13.2. The molecule has 0 amide bonds. The summed E-state index contributed by atoms with van der Waals surface area (Å²) >= 11 is 5.48. The lowest BCUT2D eigenvalue weighted by atomic mass is 10.3. The molecule has 106 valence electrons. The number of anilines is 1. The molecule has 0 spiro atoms. The average Bonchev–Trinajstić information content (AvgIpc) is 2.84. The van der Waals surface area contributed by atoms with E-state index in [0.717, 1.165) is 18.3 Å². The number of rotatable bonds is 4. The summed E-state index contributed by atoms with van der Waals surface area (Å²) in [5.74, 6) is -2.06. The van der Waals surface area contributed by atoms with E-state index < -0.39 is 21.8 Å². The van der Waals surface area contributed by atoms with E-state index in [1.165, 1.54) is 12.1 Å². The molecule has 2 rings (SSSR count). The number of carboxylic acids is 1. The Hall–Kier alpha value is -2.06. The molecule has 0 fully saturated rings. The predicted molar refractivity (Wildman–Crippen MR) is 70.0 cm³/mol. The van der Waals surface area contributed by atoms with Gasteiger partial charge in [-0.1, -0.05) is 11.6 Å². The molecular weight excluding hydrogens is 311 g/mol. The zero-order valence-electron chi connectivity index (χ0n) is 9.72. The number of sulfonamides is 1. The van der Waals surface area contributed by atoms with Gasteiger partial charge in [0, 0.05) is 6.20 Å². The number of hydrogen-bond donors (Lipinski definition) is 3. The van der Waals surface area contributed by atoms with E-state index in [1.807, 2.05) is 0 Å². The SMILES string of the molecule is O=C(O)c1cc(S(=O)(=O)Nc2ccc(Cl)c(F)c2)c[nH]1. The quantitative estimate of drug-likeness (QED) is 0.805. The molecule has 0 aliphatic heterocycles. The summed E-state index contributed by atoms with van der Waals surface area (Å²) in [6.45, 7) is 0. The van der Waals surface area contributed by atoms with Crippen molar-refractivity contribution < 1.29 is 22.7 Å². The van der Waals surface area contributed by atoms with Crippen molar-refractivity contribution in [3.63, 3.8) is 0 Å². The molecule has 0 unspecified atom stereocenters. The van der Waals surface area contributed by atoms with E-state index in [4.69, 9.17) is 16.7 Å². The number of aromatic carboxylic acids is 1. The zero-order chi connectivity index (χ0) is 14.9. The third kappa shape index (κ3) is 2.91. The second kappa shape index (κ2) is 5.14. The van der Waals surface area contributed by atoms with Crippen LogP contribution >= 0.6 is 11.6 Å². The Kier molecular flexibility index (Phi) is 3.69. The molecule has 6 nitrogen and oxygen atoms in total. The van der Waals surface area contributed by atoms with Gasteiger partial charge in [0.15, 0.2) is 0 Å². The first-order chi connectivity index (χ1) is 9.29. The monoisotopic (exact) mass is 318 g/mol. The minimum Gasteiger partial charge on any atom is -0.477 e. The van der Waals surface area contributed by atoms with E-state index in [2.05, 4.69) is 9.71 Å². The summed E-state index contributed by atoms with van der Waals surface area (Å²) in [7, 11) is -4.01. The lowest BCUT2D eigenvalue weighted by Crippen LogP contribution is -2.12. The fourth-order valence-electron chi connectivity index (χ4n) is 1.43. The van der Waals surface area contributed by atoms with E-state index in [1.54, 1.807) is 0 Å². The lowest BCUT2D eigenvalue weighted by Gasteiger charge is -2.06. The smallest absolute Gasteiger partial charge is 0.352 e. The van der Waals surface area contributed by atoms with Gasteiger partial charge in [0.2, 0.25) is 0 Å². The van der Waals surface area contributed by atoms with Crippen LogP contribution in [0.5, 0.6) is 0 Å². The molecule has 1 aromatic heterocycles. The molecule has 0 radical (unpaired) electrons. The third-order valence-corrected chi connectivity index (χ3v) is 4.04. The number of halogens is 2. The Bertz CT molecular complexity index is 772. The maximum absolute atomic E-state index is 13.2. The molecule has 0 bridgehead atoms. The van der Waals surface area contributed by atoms with Crippen LogP contribution in [0.3, 0.4) is 0 Å². The van der Waals surface area contributed by atoms with Crippen molar-refractivity contribution in [2.24, 2.45) is 0 Å². The molecule has 0 aliphatic carbocycles. The average molecular weight is 319 g/mol. The first kappa shape index (κ1) is 14.4. The molecule has 1 aromatic carbocycles. The van der Waals surface area contributed by atoms with Crippen molar-refractivity contribution in [2.75, 3.05) is 4.72 Å². The number of aromatic amines is 1. The molecular formula is C11H8ClFN2O4S. The molecule has 9 heteroatoms. The van der Waals surface area contributed by atoms with E-state index in [0.29, 0.717) is 0 Å². The predicted octanol–water partition coefficient (Wildman–Crippen LogP) is 2.31. The molecule has 0 saturated heterocycles. The van der Waals surface area contributed by atoms with Crippen LogP contribution in [0.15, 0.2) is 35.4 Å². The Balaban J connectivity index is 2.30. The molecule has 3 N–H and O–H groups in total. The summed E-state index contributed by atoms with van der Waals surface area (Å²) in [4.78, 5) is 12.7. The largest absolute Gasteiger partial charge is 0.477 e. The van der Waals surface area contributed by atoms with Crippen LogP contribution in [0.1, 0.15) is 10.5 Å². The van der Waals surface area contributed by atoms with E-state index in [9.17, 15) is 17.6 Å². The van der Waals surface area contributed by atoms with Gasteiger partial charge in [-0.3, -0.25) is 4.72 Å². The van der Waals surface area contributed by atoms with Crippen LogP contribution in [-0.2, 0) is 10.0 Å². The fraction of sp³-hybridized carbons (Fsp3) is 0. The summed E-state index contributed by atoms with van der Waals surface area (Å²) in [6.07, 6.45) is 1.03. The van der Waals surface area contributed by atoms with Crippen LogP contribution in [0.2, 0.25) is 5.02 Å². The number of carboxylic acid groups (broad SMARTS) is 1. The Labute approximate surface area is 118 Å². The normalized spacial score (nSPS) is 11.3. The van der Waals surface area contributed by atoms with Crippen molar-refractivity contribution >= 4 is 33.3 Å². The van der Waals surface area contributed by atoms with E-state index in [-0.39, 0.29) is 21.3 Å². The Morgan fingerprint density at radius 3 is 2.60 bits per heavy atom. The maximum Gasteiger partial charge on any atom is 0.352 e. The van der Waals surface area contributed by atoms with Gasteiger partial charge in [-0.05, 0) is 24.3 Å². The van der Waals surface area contributed by atoms with E-state index >= 15 is 0 Å². The summed E-state index contributed by atoms with van der Waals surface area (Å²) in [6, 6.07) is 4.36. The summed E-state index contributed by atoms with van der Waals surface area (Å²) < 4.78 is 39.2. The summed E-state index contributed by atoms with van der Waals surface area (Å²) in [5.41, 5.74) is -0.294. The van der Waals surface area contributed by atoms with Crippen LogP contribution < -0.4 is 4.72 Å². The number of nitrogens with one attached hydrogen (secondary N) is 2. The lowest BCUT2D eigenvalue weighted by molar-refractivity contribution is 0.0691. The standard InChI is InChI=1S/C11H8ClFN2O4S/c12-8-2-1-6(3-9(8)13)15-20(18,19)7-4-10(11(16)17)14-5-7/h1-5,14-15H,(H,16,17). The number of aromatic nitrogens is 1. The number of hydrogen-bond acceptors (Lipinski definition) is 3. The van der Waals surface area contributed by atoms with Gasteiger partial charge in [0.1, 0.15) is 16.4 Å². The highest BCUT2D eigenvalue weighted by Gasteiger charge is 2.18. The van der Waals surface area contributed by atoms with Gasteiger partial charge in [0.05, 0.1) is 10.7 Å². The second-order valence-electron chi connectivity index (χ2n) is 3.79. The van der Waals surface area contributed by atoms with Gasteiger partial charge >= 0.3 is 5.97 Å². The van der Waals surface area contributed by atoms with Crippen molar-refractivity contribution in [2.45, 2.75) is 4.90 Å². The van der Waals surface area contributed by atoms with Gasteiger partial charge < -0.3 is 10.1 Å². The Morgan fingerprint density at radius 1 is 1.35 bits per heavy atom. The van der Waals surface area contributed by atoms with Crippen molar-refractivity contribution in [3.05, 3.63) is 47.0 Å². The van der Waals surface area contributed by atoms with Gasteiger partial charge in [-0.15, -0.1) is 0 Å². The highest BCUT2D eigenvalue weighted by atomic mass is 35.5. The highest BCUT2D eigenvalue weighted by Crippen LogP contribution is 2.21. The Morgan fingerprint density at radius 2 is 2.05 bits per heavy atom. The third-order valence-electron chi connectivity index (χ3n) is 2.37.